The molecular formula is C36H30O2S5. The Bertz CT molecular complexity index is 1610. The molecule has 4 aromatic rings. The summed E-state index contributed by atoms with van der Waals surface area (Å²) in [6, 6.07) is 28.6. The van der Waals surface area contributed by atoms with Gasteiger partial charge >= 0.3 is 0 Å². The van der Waals surface area contributed by atoms with Crippen LogP contribution < -0.4 is 0 Å². The summed E-state index contributed by atoms with van der Waals surface area (Å²) in [6.07, 6.45) is 0. The third-order valence-corrected chi connectivity index (χ3v) is 10.8. The van der Waals surface area contributed by atoms with Crippen LogP contribution in [0.5, 0.6) is 0 Å². The minimum Gasteiger partial charge on any atom is -0.282 e. The van der Waals surface area contributed by atoms with Crippen molar-refractivity contribution in [1.29, 1.82) is 0 Å². The summed E-state index contributed by atoms with van der Waals surface area (Å²) >= 11 is 7.16. The van der Waals surface area contributed by atoms with Crippen LogP contribution >= 0.6 is 58.8 Å². The molecule has 0 aliphatic rings. The third-order valence-electron chi connectivity index (χ3n) is 6.02. The molecule has 0 aromatic heterocycles. The molecule has 0 aliphatic carbocycles. The van der Waals surface area contributed by atoms with Crippen LogP contribution in [0, 0.1) is 0 Å². The predicted octanol–water partition coefficient (Wildman–Crippen LogP) is 12.0. The highest BCUT2D eigenvalue weighted by molar-refractivity contribution is 8.14. The smallest absolute Gasteiger partial charge is 0.219 e. The largest absolute Gasteiger partial charge is 0.282 e. The number of benzene rings is 4. The highest BCUT2D eigenvalue weighted by Crippen LogP contribution is 2.46. The molecule has 0 aliphatic heterocycles. The van der Waals surface area contributed by atoms with Gasteiger partial charge in [0.25, 0.3) is 0 Å². The zero-order valence-electron chi connectivity index (χ0n) is 23.9. The van der Waals surface area contributed by atoms with E-state index in [0.717, 1.165) is 51.6 Å². The second kappa shape index (κ2) is 15.6. The first kappa shape index (κ1) is 32.8. The van der Waals surface area contributed by atoms with E-state index in [1.54, 1.807) is 49.1 Å². The van der Waals surface area contributed by atoms with Crippen molar-refractivity contribution in [2.24, 2.45) is 0 Å². The molecule has 0 bridgehead atoms. The standard InChI is InChI=1S/C36H30O2S5/c1-7-39-25-17-19-33(29(21-25)27-13-9-11-15-31(27)42-35(37)23(3)4)41-34-20-18-26(40-8-2)22-30(34)28-14-10-12-16-32(28)43-36(38)24(5)6/h7-22H,1-3,5H2,4,6H3. The summed E-state index contributed by atoms with van der Waals surface area (Å²) in [5, 5.41) is 3.50. The summed E-state index contributed by atoms with van der Waals surface area (Å²) in [7, 11) is 0. The molecule has 4 rings (SSSR count). The van der Waals surface area contributed by atoms with Gasteiger partial charge in [-0.15, -0.1) is 0 Å². The molecule has 216 valence electrons. The highest BCUT2D eigenvalue weighted by atomic mass is 32.2. The number of rotatable bonds is 12. The Morgan fingerprint density at radius 3 is 1.33 bits per heavy atom. The lowest BCUT2D eigenvalue weighted by Gasteiger charge is -2.18. The highest BCUT2D eigenvalue weighted by Gasteiger charge is 2.19. The molecule has 0 radical (unpaired) electrons. The lowest BCUT2D eigenvalue weighted by molar-refractivity contribution is -0.108. The quantitative estimate of drug-likeness (QED) is 0.111. The zero-order chi connectivity index (χ0) is 30.9. The topological polar surface area (TPSA) is 34.1 Å². The van der Waals surface area contributed by atoms with Crippen molar-refractivity contribution >= 4 is 69.0 Å². The maximum absolute atomic E-state index is 12.7. The molecule has 0 unspecified atom stereocenters. The summed E-state index contributed by atoms with van der Waals surface area (Å²) in [5.74, 6) is 0. The molecule has 43 heavy (non-hydrogen) atoms. The first-order valence-electron chi connectivity index (χ1n) is 13.2. The summed E-state index contributed by atoms with van der Waals surface area (Å²) in [6.45, 7) is 18.9. The molecule has 7 heteroatoms. The second-order valence-corrected chi connectivity index (χ2v) is 14.5. The van der Waals surface area contributed by atoms with Crippen molar-refractivity contribution in [1.82, 2.24) is 0 Å². The van der Waals surface area contributed by atoms with Gasteiger partial charge in [-0.05, 0) is 130 Å². The van der Waals surface area contributed by atoms with Crippen LogP contribution in [0.2, 0.25) is 0 Å². The molecule has 0 saturated heterocycles. The molecule has 0 amide bonds. The molecule has 4 aromatic carbocycles. The Morgan fingerprint density at radius 1 is 0.558 bits per heavy atom. The van der Waals surface area contributed by atoms with E-state index in [-0.39, 0.29) is 10.2 Å². The first-order chi connectivity index (χ1) is 20.7. The molecule has 0 N–H and O–H groups in total. The first-order valence-corrected chi connectivity index (χ1v) is 17.4. The van der Waals surface area contributed by atoms with E-state index in [1.807, 2.05) is 47.2 Å². The van der Waals surface area contributed by atoms with Crippen LogP contribution in [0.4, 0.5) is 0 Å². The average molecular weight is 655 g/mol. The Labute approximate surface area is 275 Å². The van der Waals surface area contributed by atoms with Crippen molar-refractivity contribution in [3.63, 3.8) is 0 Å². The van der Waals surface area contributed by atoms with Gasteiger partial charge in [-0.3, -0.25) is 9.59 Å². The number of hydrogen-bond donors (Lipinski definition) is 0. The number of carbonyl (C=O) groups excluding carboxylic acids is 2. The van der Waals surface area contributed by atoms with E-state index in [9.17, 15) is 9.59 Å². The van der Waals surface area contributed by atoms with Gasteiger partial charge in [0.1, 0.15) is 0 Å². The Morgan fingerprint density at radius 2 is 0.953 bits per heavy atom. The van der Waals surface area contributed by atoms with Crippen LogP contribution in [-0.4, -0.2) is 10.2 Å². The second-order valence-electron chi connectivity index (χ2n) is 9.32. The van der Waals surface area contributed by atoms with Gasteiger partial charge in [-0.2, -0.15) is 0 Å². The van der Waals surface area contributed by atoms with Crippen molar-refractivity contribution in [2.45, 2.75) is 43.2 Å². The fourth-order valence-corrected chi connectivity index (χ4v) is 7.74. The normalized spacial score (nSPS) is 10.7. The van der Waals surface area contributed by atoms with Crippen LogP contribution in [0.25, 0.3) is 22.3 Å². The van der Waals surface area contributed by atoms with Gasteiger partial charge in [0, 0.05) is 29.4 Å². The maximum atomic E-state index is 12.7. The Balaban J connectivity index is 1.88. The minimum absolute atomic E-state index is 0.0608. The van der Waals surface area contributed by atoms with Crippen LogP contribution in [-0.2, 0) is 9.59 Å². The molecule has 0 fully saturated rings. The van der Waals surface area contributed by atoms with Gasteiger partial charge in [-0.25, -0.2) is 0 Å². The molecule has 0 heterocycles. The Hall–Kier alpha value is -3.07. The van der Waals surface area contributed by atoms with Gasteiger partial charge < -0.3 is 0 Å². The van der Waals surface area contributed by atoms with E-state index in [2.05, 4.69) is 74.8 Å². The SMILES string of the molecule is C=CSc1ccc(Sc2ccc(SC=C)cc2-c2ccccc2SC(=O)C(=C)C)c(-c2ccccc2SC(=O)C(=C)C)c1. The predicted molar refractivity (Wildman–Crippen MR) is 191 cm³/mol. The van der Waals surface area contributed by atoms with Crippen molar-refractivity contribution in [3.8, 4) is 22.3 Å². The van der Waals surface area contributed by atoms with Crippen molar-refractivity contribution in [2.75, 3.05) is 0 Å². The van der Waals surface area contributed by atoms with Crippen molar-refractivity contribution < 1.29 is 9.59 Å². The lowest BCUT2D eigenvalue weighted by atomic mass is 10.1. The fourth-order valence-electron chi connectivity index (χ4n) is 4.00. The summed E-state index contributed by atoms with van der Waals surface area (Å²) in [4.78, 5) is 31.3. The molecule has 0 atom stereocenters. The number of thioether (sulfide) groups is 4. The van der Waals surface area contributed by atoms with Gasteiger partial charge in [0.05, 0.1) is 0 Å². The van der Waals surface area contributed by atoms with E-state index in [4.69, 9.17) is 0 Å². The van der Waals surface area contributed by atoms with E-state index >= 15 is 0 Å². The van der Waals surface area contributed by atoms with Crippen LogP contribution in [0.15, 0.2) is 163 Å². The molecule has 0 saturated carbocycles. The van der Waals surface area contributed by atoms with Gasteiger partial charge in [-0.1, -0.05) is 98.0 Å². The summed E-state index contributed by atoms with van der Waals surface area (Å²) < 4.78 is 0. The number of hydrogen-bond acceptors (Lipinski definition) is 7. The monoisotopic (exact) mass is 654 g/mol. The van der Waals surface area contributed by atoms with E-state index in [1.165, 1.54) is 23.5 Å². The maximum Gasteiger partial charge on any atom is 0.219 e. The fraction of sp³-hybridized carbons (Fsp3) is 0.0556. The van der Waals surface area contributed by atoms with E-state index < -0.39 is 0 Å². The molecule has 2 nitrogen and oxygen atoms in total. The van der Waals surface area contributed by atoms with Crippen LogP contribution in [0.1, 0.15) is 13.8 Å². The minimum atomic E-state index is -0.0608. The van der Waals surface area contributed by atoms with Gasteiger partial charge in [0.2, 0.25) is 10.2 Å². The molecule has 0 spiro atoms. The zero-order valence-corrected chi connectivity index (χ0v) is 28.0. The Kier molecular flexibility index (Phi) is 11.9. The number of carbonyl (C=O) groups is 2. The average Bonchev–Trinajstić information content (AvgIpc) is 2.99. The van der Waals surface area contributed by atoms with E-state index in [0.29, 0.717) is 11.1 Å². The van der Waals surface area contributed by atoms with Crippen molar-refractivity contribution in [3.05, 3.63) is 133 Å². The molecular weight excluding hydrogens is 625 g/mol. The summed E-state index contributed by atoms with van der Waals surface area (Å²) in [5.41, 5.74) is 5.00. The van der Waals surface area contributed by atoms with Gasteiger partial charge in [0.15, 0.2) is 0 Å². The van der Waals surface area contributed by atoms with Crippen LogP contribution in [0.3, 0.4) is 0 Å². The lowest BCUT2D eigenvalue weighted by Crippen LogP contribution is -1.95. The third kappa shape index (κ3) is 8.52.